The van der Waals surface area contributed by atoms with Gasteiger partial charge in [-0.05, 0) is 22.6 Å². The zero-order valence-electron chi connectivity index (χ0n) is 4.69. The molecule has 0 fully saturated rings. The van der Waals surface area contributed by atoms with Gasteiger partial charge in [0.1, 0.15) is 9.39 Å². The van der Waals surface area contributed by atoms with E-state index < -0.39 is 11.8 Å². The molecule has 0 spiro atoms. The molecule has 1 aromatic heterocycles. The van der Waals surface area contributed by atoms with Crippen molar-refractivity contribution in [2.24, 2.45) is 0 Å². The summed E-state index contributed by atoms with van der Waals surface area (Å²) in [5.74, 6) is -1.68. The van der Waals surface area contributed by atoms with Gasteiger partial charge in [0, 0.05) is 6.07 Å². The van der Waals surface area contributed by atoms with Gasteiger partial charge in [-0.25, -0.2) is 9.18 Å². The molecule has 54 valence electrons. The Kier molecular flexibility index (Phi) is 1.93. The molecule has 0 radical (unpaired) electrons. The minimum atomic E-state index is -1.15. The monoisotopic (exact) mass is 255 g/mol. The summed E-state index contributed by atoms with van der Waals surface area (Å²) in [6, 6.07) is 0.949. The summed E-state index contributed by atoms with van der Waals surface area (Å²) in [6.07, 6.45) is 0. The van der Waals surface area contributed by atoms with Crippen LogP contribution in [-0.4, -0.2) is 16.1 Å². The van der Waals surface area contributed by atoms with Crippen LogP contribution in [0.2, 0.25) is 0 Å². The number of H-pyrrole nitrogens is 1. The van der Waals surface area contributed by atoms with Crippen LogP contribution < -0.4 is 0 Å². The molecule has 3 nitrogen and oxygen atoms in total. The number of rotatable bonds is 1. The Labute approximate surface area is 69.4 Å². The molecule has 1 heterocycles. The van der Waals surface area contributed by atoms with Crippen LogP contribution in [0.25, 0.3) is 0 Å². The molecule has 0 aliphatic heterocycles. The summed E-state index contributed by atoms with van der Waals surface area (Å²) in [5, 5.41) is 8.32. The van der Waals surface area contributed by atoms with E-state index in [1.165, 1.54) is 0 Å². The van der Waals surface area contributed by atoms with Gasteiger partial charge in [0.2, 0.25) is 0 Å². The van der Waals surface area contributed by atoms with Gasteiger partial charge in [-0.15, -0.1) is 0 Å². The second-order valence-corrected chi connectivity index (χ2v) is 2.73. The van der Waals surface area contributed by atoms with Crippen molar-refractivity contribution in [3.8, 4) is 0 Å². The third kappa shape index (κ3) is 1.28. The molecule has 0 saturated carbocycles. The predicted octanol–water partition coefficient (Wildman–Crippen LogP) is 1.46. The van der Waals surface area contributed by atoms with E-state index in [0.717, 1.165) is 6.07 Å². The van der Waals surface area contributed by atoms with Crippen molar-refractivity contribution in [1.82, 2.24) is 4.98 Å². The van der Waals surface area contributed by atoms with E-state index in [1.54, 1.807) is 22.6 Å². The number of carboxylic acid groups (broad SMARTS) is 1. The fraction of sp³-hybridized carbons (Fsp3) is 0. The Bertz CT molecular complexity index is 251. The van der Waals surface area contributed by atoms with Crippen LogP contribution in [0.5, 0.6) is 0 Å². The Morgan fingerprint density at radius 3 is 2.60 bits per heavy atom. The smallest absolute Gasteiger partial charge is 0.352 e. The molecule has 0 aliphatic carbocycles. The summed E-state index contributed by atoms with van der Waals surface area (Å²) >= 11 is 1.68. The van der Waals surface area contributed by atoms with Crippen LogP contribution in [0, 0.1) is 9.52 Å². The molecular weight excluding hydrogens is 252 g/mol. The standard InChI is InChI=1S/C5H3FINO2/c6-2-1-3(5(9)10)8-4(2)7/h1,8H,(H,9,10). The first-order chi connectivity index (χ1) is 4.61. The van der Waals surface area contributed by atoms with Gasteiger partial charge in [0.05, 0.1) is 0 Å². The molecule has 1 rings (SSSR count). The quantitative estimate of drug-likeness (QED) is 0.746. The average molecular weight is 255 g/mol. The van der Waals surface area contributed by atoms with E-state index in [9.17, 15) is 9.18 Å². The SMILES string of the molecule is O=C(O)c1cc(F)c(I)[nH]1. The van der Waals surface area contributed by atoms with Crippen molar-refractivity contribution in [3.63, 3.8) is 0 Å². The third-order valence-electron chi connectivity index (χ3n) is 0.956. The number of carbonyl (C=O) groups is 1. The van der Waals surface area contributed by atoms with Crippen molar-refractivity contribution in [3.05, 3.63) is 21.3 Å². The lowest BCUT2D eigenvalue weighted by Crippen LogP contribution is -1.95. The van der Waals surface area contributed by atoms with Crippen molar-refractivity contribution in [2.75, 3.05) is 0 Å². The molecule has 0 aromatic carbocycles. The molecule has 0 saturated heterocycles. The van der Waals surface area contributed by atoms with Crippen molar-refractivity contribution >= 4 is 28.6 Å². The lowest BCUT2D eigenvalue weighted by molar-refractivity contribution is 0.0691. The van der Waals surface area contributed by atoms with E-state index in [1.807, 2.05) is 0 Å². The van der Waals surface area contributed by atoms with Gasteiger partial charge >= 0.3 is 5.97 Å². The molecule has 0 amide bonds. The first-order valence-electron chi connectivity index (χ1n) is 2.38. The van der Waals surface area contributed by atoms with E-state index in [2.05, 4.69) is 4.98 Å². The first-order valence-corrected chi connectivity index (χ1v) is 3.46. The molecule has 1 aromatic rings. The lowest BCUT2D eigenvalue weighted by Gasteiger charge is -1.82. The number of aromatic carboxylic acids is 1. The number of aromatic nitrogens is 1. The number of carboxylic acids is 1. The number of nitrogens with one attached hydrogen (secondary N) is 1. The number of hydrogen-bond acceptors (Lipinski definition) is 1. The highest BCUT2D eigenvalue weighted by Crippen LogP contribution is 2.10. The largest absolute Gasteiger partial charge is 0.477 e. The van der Waals surface area contributed by atoms with Gasteiger partial charge in [-0.1, -0.05) is 0 Å². The van der Waals surface area contributed by atoms with Crippen LogP contribution in [0.1, 0.15) is 10.5 Å². The summed E-state index contributed by atoms with van der Waals surface area (Å²) in [6.45, 7) is 0. The highest BCUT2D eigenvalue weighted by Gasteiger charge is 2.09. The predicted molar refractivity (Wildman–Crippen MR) is 40.4 cm³/mol. The normalized spacial score (nSPS) is 9.80. The van der Waals surface area contributed by atoms with Crippen LogP contribution in [-0.2, 0) is 0 Å². The maximum absolute atomic E-state index is 12.4. The summed E-state index contributed by atoms with van der Waals surface area (Å²) in [5.41, 5.74) is -0.123. The zero-order chi connectivity index (χ0) is 7.72. The molecule has 0 bridgehead atoms. The second-order valence-electron chi connectivity index (χ2n) is 1.65. The average Bonchev–Trinajstić information content (AvgIpc) is 2.13. The van der Waals surface area contributed by atoms with Crippen molar-refractivity contribution in [1.29, 1.82) is 0 Å². The molecule has 2 N–H and O–H groups in total. The minimum absolute atomic E-state index is 0.123. The molecule has 0 aliphatic rings. The Morgan fingerprint density at radius 2 is 2.40 bits per heavy atom. The fourth-order valence-electron chi connectivity index (χ4n) is 0.519. The zero-order valence-corrected chi connectivity index (χ0v) is 6.85. The van der Waals surface area contributed by atoms with E-state index in [4.69, 9.17) is 5.11 Å². The maximum atomic E-state index is 12.4. The number of halogens is 2. The summed E-state index contributed by atoms with van der Waals surface area (Å²) in [4.78, 5) is 12.5. The van der Waals surface area contributed by atoms with Crippen molar-refractivity contribution in [2.45, 2.75) is 0 Å². The van der Waals surface area contributed by atoms with Gasteiger partial charge < -0.3 is 10.1 Å². The second kappa shape index (κ2) is 2.57. The van der Waals surface area contributed by atoms with E-state index in [0.29, 0.717) is 0 Å². The Hall–Kier alpha value is -0.590. The van der Waals surface area contributed by atoms with Crippen LogP contribution in [0.4, 0.5) is 4.39 Å². The Morgan fingerprint density at radius 1 is 1.80 bits per heavy atom. The van der Waals surface area contributed by atoms with Gasteiger partial charge in [-0.3, -0.25) is 0 Å². The minimum Gasteiger partial charge on any atom is -0.477 e. The third-order valence-corrected chi connectivity index (χ3v) is 1.74. The maximum Gasteiger partial charge on any atom is 0.352 e. The molecule has 0 atom stereocenters. The van der Waals surface area contributed by atoms with E-state index >= 15 is 0 Å². The lowest BCUT2D eigenvalue weighted by atomic mass is 10.4. The van der Waals surface area contributed by atoms with Crippen LogP contribution >= 0.6 is 22.6 Å². The number of hydrogen-bond donors (Lipinski definition) is 2. The first kappa shape index (κ1) is 7.52. The number of aromatic amines is 1. The topological polar surface area (TPSA) is 53.1 Å². The molecule has 0 unspecified atom stereocenters. The summed E-state index contributed by atoms with van der Waals surface area (Å²) < 4.78 is 12.6. The van der Waals surface area contributed by atoms with Gasteiger partial charge in [0.15, 0.2) is 5.82 Å². The van der Waals surface area contributed by atoms with Gasteiger partial charge in [-0.2, -0.15) is 0 Å². The molecule has 10 heavy (non-hydrogen) atoms. The molecular formula is C5H3FINO2. The fourth-order valence-corrected chi connectivity index (χ4v) is 0.966. The van der Waals surface area contributed by atoms with Crippen LogP contribution in [0.3, 0.4) is 0 Å². The van der Waals surface area contributed by atoms with Crippen molar-refractivity contribution < 1.29 is 14.3 Å². The summed E-state index contributed by atoms with van der Waals surface area (Å²) in [7, 11) is 0. The highest BCUT2D eigenvalue weighted by atomic mass is 127. The van der Waals surface area contributed by atoms with Crippen LogP contribution in [0.15, 0.2) is 6.07 Å². The molecule has 5 heteroatoms. The van der Waals surface area contributed by atoms with Gasteiger partial charge in [0.25, 0.3) is 0 Å². The highest BCUT2D eigenvalue weighted by molar-refractivity contribution is 14.1. The Balaban J connectivity index is 3.10. The van der Waals surface area contributed by atoms with E-state index in [-0.39, 0.29) is 9.39 Å².